The Morgan fingerprint density at radius 1 is 1.44 bits per heavy atom. The van der Waals surface area contributed by atoms with Crippen LogP contribution in [0.25, 0.3) is 11.3 Å². The number of amides is 1. The lowest BCUT2D eigenvalue weighted by atomic mass is 10.1. The molecule has 4 rings (SSSR count). The maximum absolute atomic E-state index is 12.1. The Hall–Kier alpha value is -2.45. The fourth-order valence-electron chi connectivity index (χ4n) is 2.87. The summed E-state index contributed by atoms with van der Waals surface area (Å²) >= 11 is 1.63. The number of nitrogens with one attached hydrogen (secondary N) is 1. The molecule has 1 atom stereocenters. The van der Waals surface area contributed by atoms with Gasteiger partial charge in [-0.1, -0.05) is 5.21 Å². The van der Waals surface area contributed by atoms with E-state index in [0.29, 0.717) is 32.1 Å². The zero-order valence-electron chi connectivity index (χ0n) is 13.8. The van der Waals surface area contributed by atoms with Crippen molar-refractivity contribution in [3.8, 4) is 11.3 Å². The molecule has 3 aromatic heterocycles. The number of aromatic nitrogens is 3. The van der Waals surface area contributed by atoms with Gasteiger partial charge in [0.2, 0.25) is 0 Å². The Bertz CT molecular complexity index is 868. The minimum atomic E-state index is -0.213. The van der Waals surface area contributed by atoms with Crippen molar-refractivity contribution in [3.05, 3.63) is 46.2 Å². The average Bonchev–Trinajstić information content (AvgIpc) is 3.32. The molecule has 1 aliphatic heterocycles. The van der Waals surface area contributed by atoms with Gasteiger partial charge in [0.1, 0.15) is 11.5 Å². The molecule has 0 bridgehead atoms. The van der Waals surface area contributed by atoms with Crippen molar-refractivity contribution < 1.29 is 13.9 Å². The third kappa shape index (κ3) is 3.35. The number of aryl methyl sites for hydroxylation is 1. The van der Waals surface area contributed by atoms with Crippen LogP contribution in [0.5, 0.6) is 0 Å². The van der Waals surface area contributed by atoms with Crippen LogP contribution in [-0.2, 0) is 17.9 Å². The summed E-state index contributed by atoms with van der Waals surface area (Å²) in [5, 5.41) is 15.5. The summed E-state index contributed by atoms with van der Waals surface area (Å²) in [6, 6.07) is 5.48. The van der Waals surface area contributed by atoms with E-state index in [1.165, 1.54) is 0 Å². The summed E-state index contributed by atoms with van der Waals surface area (Å²) in [6.45, 7) is 3.99. The average molecular weight is 358 g/mol. The molecule has 0 aromatic carbocycles. The van der Waals surface area contributed by atoms with Gasteiger partial charge in [-0.2, -0.15) is 11.3 Å². The molecule has 1 aliphatic rings. The second-order valence-corrected chi connectivity index (χ2v) is 6.86. The molecular formula is C17H18N4O3S. The largest absolute Gasteiger partial charge is 0.456 e. The highest BCUT2D eigenvalue weighted by Gasteiger charge is 2.23. The lowest BCUT2D eigenvalue weighted by Gasteiger charge is -2.14. The van der Waals surface area contributed by atoms with Gasteiger partial charge in [0.15, 0.2) is 5.76 Å². The molecule has 0 radical (unpaired) electrons. The van der Waals surface area contributed by atoms with E-state index in [2.05, 4.69) is 21.0 Å². The quantitative estimate of drug-likeness (QED) is 0.775. The normalized spacial score (nSPS) is 17.1. The maximum atomic E-state index is 12.1. The van der Waals surface area contributed by atoms with Crippen molar-refractivity contribution in [2.24, 2.45) is 5.92 Å². The number of carbonyl (C=O) groups is 1. The zero-order valence-corrected chi connectivity index (χ0v) is 14.6. The molecule has 0 fully saturated rings. The number of nitrogens with zero attached hydrogens (tertiary/aromatic N) is 3. The van der Waals surface area contributed by atoms with Crippen LogP contribution in [0.1, 0.15) is 22.0 Å². The van der Waals surface area contributed by atoms with Crippen LogP contribution < -0.4 is 5.32 Å². The fourth-order valence-corrected chi connectivity index (χ4v) is 3.51. The molecule has 0 saturated heterocycles. The van der Waals surface area contributed by atoms with Crippen LogP contribution in [0.2, 0.25) is 0 Å². The fraction of sp³-hybridized carbons (Fsp3) is 0.353. The molecule has 25 heavy (non-hydrogen) atoms. The number of thiophene rings is 1. The van der Waals surface area contributed by atoms with Crippen molar-refractivity contribution in [1.82, 2.24) is 20.3 Å². The van der Waals surface area contributed by atoms with E-state index in [0.717, 1.165) is 22.7 Å². The van der Waals surface area contributed by atoms with Gasteiger partial charge < -0.3 is 14.5 Å². The second-order valence-electron chi connectivity index (χ2n) is 6.08. The van der Waals surface area contributed by atoms with Crippen molar-refractivity contribution in [3.63, 3.8) is 0 Å². The van der Waals surface area contributed by atoms with Crippen LogP contribution in [0, 0.1) is 12.8 Å². The first kappa shape index (κ1) is 16.0. The van der Waals surface area contributed by atoms with Crippen LogP contribution >= 0.6 is 11.3 Å². The smallest absolute Gasteiger partial charge is 0.287 e. The van der Waals surface area contributed by atoms with Gasteiger partial charge in [-0.15, -0.1) is 5.10 Å². The monoisotopic (exact) mass is 358 g/mol. The standard InChI is InChI=1S/C17H18N4O3S/c1-11-2-3-15(24-11)17(22)18-6-12-7-21-14(9-23-8-12)16(19-20-21)13-4-5-25-10-13/h2-5,10,12H,6-9H2,1H3,(H,18,22). The van der Waals surface area contributed by atoms with E-state index < -0.39 is 0 Å². The van der Waals surface area contributed by atoms with Gasteiger partial charge >= 0.3 is 0 Å². The van der Waals surface area contributed by atoms with Crippen molar-refractivity contribution >= 4 is 17.2 Å². The van der Waals surface area contributed by atoms with E-state index in [-0.39, 0.29) is 11.8 Å². The Morgan fingerprint density at radius 2 is 2.36 bits per heavy atom. The first-order valence-corrected chi connectivity index (χ1v) is 9.02. The van der Waals surface area contributed by atoms with Gasteiger partial charge in [-0.3, -0.25) is 4.79 Å². The number of rotatable bonds is 4. The zero-order chi connectivity index (χ0) is 17.2. The predicted molar refractivity (Wildman–Crippen MR) is 92.3 cm³/mol. The molecule has 4 heterocycles. The second kappa shape index (κ2) is 6.81. The molecule has 0 spiro atoms. The third-order valence-electron chi connectivity index (χ3n) is 4.17. The minimum absolute atomic E-state index is 0.123. The van der Waals surface area contributed by atoms with E-state index in [1.54, 1.807) is 23.5 Å². The molecule has 3 aromatic rings. The van der Waals surface area contributed by atoms with E-state index >= 15 is 0 Å². The Morgan fingerprint density at radius 3 is 3.12 bits per heavy atom. The number of hydrogen-bond donors (Lipinski definition) is 1. The van der Waals surface area contributed by atoms with Gasteiger partial charge in [-0.25, -0.2) is 4.68 Å². The summed E-state index contributed by atoms with van der Waals surface area (Å²) in [6.07, 6.45) is 0. The number of hydrogen-bond acceptors (Lipinski definition) is 6. The molecule has 7 nitrogen and oxygen atoms in total. The highest BCUT2D eigenvalue weighted by atomic mass is 32.1. The summed E-state index contributed by atoms with van der Waals surface area (Å²) in [5.41, 5.74) is 2.92. The SMILES string of the molecule is Cc1ccc(C(=O)NCC2COCc3c(-c4ccsc4)nnn3C2)o1. The Kier molecular flexibility index (Phi) is 4.37. The summed E-state index contributed by atoms with van der Waals surface area (Å²) in [7, 11) is 0. The maximum Gasteiger partial charge on any atom is 0.287 e. The summed E-state index contributed by atoms with van der Waals surface area (Å²) in [5.74, 6) is 0.956. The summed E-state index contributed by atoms with van der Waals surface area (Å²) < 4.78 is 13.0. The first-order chi connectivity index (χ1) is 12.2. The van der Waals surface area contributed by atoms with E-state index in [4.69, 9.17) is 9.15 Å². The molecule has 130 valence electrons. The van der Waals surface area contributed by atoms with Crippen LogP contribution in [-0.4, -0.2) is 34.1 Å². The molecule has 1 unspecified atom stereocenters. The number of carbonyl (C=O) groups excluding carboxylic acids is 1. The summed E-state index contributed by atoms with van der Waals surface area (Å²) in [4.78, 5) is 12.1. The van der Waals surface area contributed by atoms with Gasteiger partial charge in [0.25, 0.3) is 5.91 Å². The van der Waals surface area contributed by atoms with E-state index in [1.807, 2.05) is 23.1 Å². The van der Waals surface area contributed by atoms with Gasteiger partial charge in [0, 0.05) is 30.0 Å². The lowest BCUT2D eigenvalue weighted by Crippen LogP contribution is -2.32. The molecule has 1 N–H and O–H groups in total. The molecule has 1 amide bonds. The minimum Gasteiger partial charge on any atom is -0.456 e. The van der Waals surface area contributed by atoms with Crippen molar-refractivity contribution in [2.45, 2.75) is 20.1 Å². The molecular weight excluding hydrogens is 340 g/mol. The van der Waals surface area contributed by atoms with Crippen molar-refractivity contribution in [2.75, 3.05) is 13.2 Å². The lowest BCUT2D eigenvalue weighted by molar-refractivity contribution is 0.0835. The molecule has 0 aliphatic carbocycles. The topological polar surface area (TPSA) is 82.2 Å². The van der Waals surface area contributed by atoms with E-state index in [9.17, 15) is 4.79 Å². The predicted octanol–water partition coefficient (Wildman–Crippen LogP) is 2.48. The highest BCUT2D eigenvalue weighted by molar-refractivity contribution is 7.08. The van der Waals surface area contributed by atoms with Crippen LogP contribution in [0.4, 0.5) is 0 Å². The Balaban J connectivity index is 1.43. The highest BCUT2D eigenvalue weighted by Crippen LogP contribution is 2.26. The first-order valence-electron chi connectivity index (χ1n) is 8.08. The van der Waals surface area contributed by atoms with Crippen molar-refractivity contribution in [1.29, 1.82) is 0 Å². The van der Waals surface area contributed by atoms with Gasteiger partial charge in [0.05, 0.1) is 18.9 Å². The number of furan rings is 1. The number of ether oxygens (including phenoxy) is 1. The molecule has 0 saturated carbocycles. The van der Waals surface area contributed by atoms with Gasteiger partial charge in [-0.05, 0) is 30.5 Å². The van der Waals surface area contributed by atoms with Crippen LogP contribution in [0.15, 0.2) is 33.4 Å². The molecule has 8 heteroatoms. The third-order valence-corrected chi connectivity index (χ3v) is 4.85. The number of fused-ring (bicyclic) bond motifs is 1. The van der Waals surface area contributed by atoms with Crippen LogP contribution in [0.3, 0.4) is 0 Å². The Labute approximate surface area is 148 Å².